The summed E-state index contributed by atoms with van der Waals surface area (Å²) in [5.74, 6) is 0.382. The van der Waals surface area contributed by atoms with Gasteiger partial charge in [0.15, 0.2) is 0 Å². The summed E-state index contributed by atoms with van der Waals surface area (Å²) >= 11 is 0. The molecule has 1 aliphatic rings. The number of rotatable bonds is 4. The van der Waals surface area contributed by atoms with Crippen LogP contribution in [0.5, 0.6) is 0 Å². The van der Waals surface area contributed by atoms with Crippen molar-refractivity contribution in [3.05, 3.63) is 29.6 Å². The number of pyridine rings is 1. The predicted molar refractivity (Wildman–Crippen MR) is 59.8 cm³/mol. The molecule has 0 saturated carbocycles. The number of aromatic nitrogens is 1. The molecule has 1 aromatic heterocycles. The third-order valence-electron chi connectivity index (χ3n) is 3.03. The third-order valence-corrected chi connectivity index (χ3v) is 3.03. The number of hydrogen-bond donors (Lipinski definition) is 1. The van der Waals surface area contributed by atoms with Gasteiger partial charge in [0.2, 0.25) is 0 Å². The summed E-state index contributed by atoms with van der Waals surface area (Å²) in [6.07, 6.45) is 4.07. The average molecular weight is 206 g/mol. The molecule has 0 bridgehead atoms. The van der Waals surface area contributed by atoms with E-state index in [1.807, 2.05) is 19.2 Å². The quantitative estimate of drug-likeness (QED) is 0.811. The molecule has 0 amide bonds. The van der Waals surface area contributed by atoms with Crippen LogP contribution in [0.2, 0.25) is 0 Å². The minimum atomic E-state index is 0.0844. The molecule has 0 saturated heterocycles. The van der Waals surface area contributed by atoms with E-state index < -0.39 is 0 Å². The summed E-state index contributed by atoms with van der Waals surface area (Å²) in [5.41, 5.74) is 8.66. The Kier molecular flexibility index (Phi) is 3.34. The molecule has 0 spiro atoms. The van der Waals surface area contributed by atoms with Crippen LogP contribution in [-0.2, 0) is 11.2 Å². The Balaban J connectivity index is 2.06. The first kappa shape index (κ1) is 10.6. The van der Waals surface area contributed by atoms with Crippen LogP contribution in [0, 0.1) is 0 Å². The van der Waals surface area contributed by atoms with E-state index in [-0.39, 0.29) is 6.04 Å². The number of fused-ring (bicyclic) bond motifs is 1. The summed E-state index contributed by atoms with van der Waals surface area (Å²) < 4.78 is 5.37. The van der Waals surface area contributed by atoms with E-state index in [1.165, 1.54) is 11.3 Å². The van der Waals surface area contributed by atoms with Gasteiger partial charge in [-0.2, -0.15) is 0 Å². The van der Waals surface area contributed by atoms with Crippen LogP contribution in [0.25, 0.3) is 0 Å². The van der Waals surface area contributed by atoms with Crippen molar-refractivity contribution >= 4 is 0 Å². The highest BCUT2D eigenvalue weighted by atomic mass is 16.5. The maximum Gasteiger partial charge on any atom is 0.0623 e. The highest BCUT2D eigenvalue weighted by molar-refractivity contribution is 5.29. The molecule has 0 aromatic carbocycles. The van der Waals surface area contributed by atoms with Gasteiger partial charge >= 0.3 is 0 Å². The second-order valence-electron chi connectivity index (χ2n) is 4.02. The topological polar surface area (TPSA) is 48.1 Å². The van der Waals surface area contributed by atoms with Gasteiger partial charge in [-0.25, -0.2) is 0 Å². The number of nitrogens with two attached hydrogens (primary N) is 1. The minimum absolute atomic E-state index is 0.0844. The molecule has 0 radical (unpaired) electrons. The van der Waals surface area contributed by atoms with Crippen molar-refractivity contribution in [1.29, 1.82) is 0 Å². The van der Waals surface area contributed by atoms with Crippen molar-refractivity contribution in [2.45, 2.75) is 31.7 Å². The molecular formula is C12H18N2O. The van der Waals surface area contributed by atoms with E-state index in [4.69, 9.17) is 10.5 Å². The van der Waals surface area contributed by atoms with Crippen LogP contribution in [-0.4, -0.2) is 24.2 Å². The number of nitrogens with zero attached hydrogens (tertiary/aromatic N) is 1. The maximum atomic E-state index is 6.11. The number of hydrogen-bond acceptors (Lipinski definition) is 3. The second-order valence-corrected chi connectivity index (χ2v) is 4.02. The zero-order valence-corrected chi connectivity index (χ0v) is 9.15. The summed E-state index contributed by atoms with van der Waals surface area (Å²) in [4.78, 5) is 4.43. The van der Waals surface area contributed by atoms with Gasteiger partial charge in [-0.15, -0.1) is 0 Å². The van der Waals surface area contributed by atoms with Gasteiger partial charge in [0.25, 0.3) is 0 Å². The monoisotopic (exact) mass is 206 g/mol. The first-order valence-electron chi connectivity index (χ1n) is 5.60. The van der Waals surface area contributed by atoms with Gasteiger partial charge in [-0.05, 0) is 31.4 Å². The largest absolute Gasteiger partial charge is 0.380 e. The van der Waals surface area contributed by atoms with Crippen LogP contribution >= 0.6 is 0 Å². The smallest absolute Gasteiger partial charge is 0.0623 e. The molecule has 3 heteroatoms. The van der Waals surface area contributed by atoms with Gasteiger partial charge in [0.1, 0.15) is 0 Å². The van der Waals surface area contributed by atoms with Gasteiger partial charge < -0.3 is 10.5 Å². The predicted octanol–water partition coefficient (Wildman–Crippen LogP) is 1.48. The molecular weight excluding hydrogens is 188 g/mol. The zero-order chi connectivity index (χ0) is 10.7. The van der Waals surface area contributed by atoms with E-state index >= 15 is 0 Å². The lowest BCUT2D eigenvalue weighted by Gasteiger charge is -2.18. The molecule has 1 heterocycles. The Hall–Kier alpha value is -0.930. The molecule has 0 aliphatic heterocycles. The van der Waals surface area contributed by atoms with E-state index in [9.17, 15) is 0 Å². The normalized spacial score (nSPS) is 21.3. The van der Waals surface area contributed by atoms with Crippen molar-refractivity contribution < 1.29 is 4.74 Å². The summed E-state index contributed by atoms with van der Waals surface area (Å²) in [5, 5.41) is 0. The molecule has 0 fully saturated rings. The van der Waals surface area contributed by atoms with Crippen LogP contribution < -0.4 is 5.73 Å². The Labute approximate surface area is 90.7 Å². The molecule has 2 atom stereocenters. The van der Waals surface area contributed by atoms with Crippen molar-refractivity contribution in [2.24, 2.45) is 5.73 Å². The van der Waals surface area contributed by atoms with Crippen LogP contribution in [0.4, 0.5) is 0 Å². The van der Waals surface area contributed by atoms with Crippen LogP contribution in [0.3, 0.4) is 0 Å². The zero-order valence-electron chi connectivity index (χ0n) is 9.15. The minimum Gasteiger partial charge on any atom is -0.380 e. The third kappa shape index (κ3) is 2.19. The highest BCUT2D eigenvalue weighted by Gasteiger charge is 2.28. The Bertz CT molecular complexity index is 327. The fourth-order valence-electron chi connectivity index (χ4n) is 2.23. The van der Waals surface area contributed by atoms with Crippen molar-refractivity contribution in [3.63, 3.8) is 0 Å². The van der Waals surface area contributed by atoms with Crippen LogP contribution in [0.15, 0.2) is 18.3 Å². The van der Waals surface area contributed by atoms with Crippen molar-refractivity contribution in [1.82, 2.24) is 4.98 Å². The lowest BCUT2D eigenvalue weighted by atomic mass is 9.98. The lowest BCUT2D eigenvalue weighted by Crippen LogP contribution is -2.32. The first-order chi connectivity index (χ1) is 7.33. The van der Waals surface area contributed by atoms with E-state index in [2.05, 4.69) is 11.1 Å². The van der Waals surface area contributed by atoms with Gasteiger partial charge in [-0.1, -0.05) is 6.07 Å². The van der Waals surface area contributed by atoms with Gasteiger partial charge in [0, 0.05) is 30.5 Å². The Morgan fingerprint density at radius 1 is 1.67 bits per heavy atom. The summed E-state index contributed by atoms with van der Waals surface area (Å²) in [6.45, 7) is 3.36. The van der Waals surface area contributed by atoms with Gasteiger partial charge in [0.05, 0.1) is 6.61 Å². The molecule has 15 heavy (non-hydrogen) atoms. The van der Waals surface area contributed by atoms with E-state index in [0.29, 0.717) is 12.5 Å². The Morgan fingerprint density at radius 2 is 2.53 bits per heavy atom. The summed E-state index contributed by atoms with van der Waals surface area (Å²) in [6, 6.07) is 4.23. The molecule has 1 aliphatic carbocycles. The van der Waals surface area contributed by atoms with Gasteiger partial charge in [-0.3, -0.25) is 4.98 Å². The number of ether oxygens (including phenoxy) is 1. The lowest BCUT2D eigenvalue weighted by molar-refractivity contribution is 0.125. The second kappa shape index (κ2) is 4.73. The first-order valence-corrected chi connectivity index (χ1v) is 5.60. The standard InChI is InChI=1S/C12H18N2O/c1-2-15-8-11(13)10-6-5-9-4-3-7-14-12(9)10/h3-4,7,10-11H,2,5-6,8,13H2,1H3. The average Bonchev–Trinajstić information content (AvgIpc) is 2.69. The highest BCUT2D eigenvalue weighted by Crippen LogP contribution is 2.32. The Morgan fingerprint density at radius 3 is 3.33 bits per heavy atom. The maximum absolute atomic E-state index is 6.11. The van der Waals surface area contributed by atoms with Crippen molar-refractivity contribution in [3.8, 4) is 0 Å². The van der Waals surface area contributed by atoms with E-state index in [0.717, 1.165) is 19.4 Å². The fourth-order valence-corrected chi connectivity index (χ4v) is 2.23. The molecule has 2 N–H and O–H groups in total. The van der Waals surface area contributed by atoms with E-state index in [1.54, 1.807) is 0 Å². The molecule has 3 nitrogen and oxygen atoms in total. The van der Waals surface area contributed by atoms with Crippen LogP contribution in [0.1, 0.15) is 30.5 Å². The van der Waals surface area contributed by atoms with Crippen molar-refractivity contribution in [2.75, 3.05) is 13.2 Å². The molecule has 1 aromatic rings. The molecule has 2 unspecified atom stereocenters. The number of aryl methyl sites for hydroxylation is 1. The molecule has 82 valence electrons. The summed E-state index contributed by atoms with van der Waals surface area (Å²) in [7, 11) is 0. The molecule has 2 rings (SSSR count). The fraction of sp³-hybridized carbons (Fsp3) is 0.583. The SMILES string of the molecule is CCOCC(N)C1CCc2cccnc21.